The van der Waals surface area contributed by atoms with Crippen LogP contribution in [0.2, 0.25) is 0 Å². The van der Waals surface area contributed by atoms with Crippen molar-refractivity contribution >= 4 is 27.5 Å². The predicted octanol–water partition coefficient (Wildman–Crippen LogP) is 2.23. The number of rotatable bonds is 6. The number of ether oxygens (including phenoxy) is 1. The van der Waals surface area contributed by atoms with Gasteiger partial charge in [0.25, 0.3) is 0 Å². The summed E-state index contributed by atoms with van der Waals surface area (Å²) in [6.07, 6.45) is 0.909. The minimum Gasteiger partial charge on any atom is -0.497 e. The van der Waals surface area contributed by atoms with Crippen LogP contribution in [-0.4, -0.2) is 57.1 Å². The Kier molecular flexibility index (Phi) is 6.63. The molecule has 1 aliphatic heterocycles. The van der Waals surface area contributed by atoms with Crippen molar-refractivity contribution in [3.05, 3.63) is 59.4 Å². The van der Waals surface area contributed by atoms with Crippen molar-refractivity contribution in [1.82, 2.24) is 10.2 Å². The summed E-state index contributed by atoms with van der Waals surface area (Å²) in [6, 6.07) is 4.29. The lowest BCUT2D eigenvalue weighted by atomic mass is 9.93. The van der Waals surface area contributed by atoms with Crippen LogP contribution in [0.3, 0.4) is 0 Å². The van der Waals surface area contributed by atoms with E-state index in [4.69, 9.17) is 4.74 Å². The number of sulfone groups is 1. The fraction of sp³-hybridized carbons (Fsp3) is 0.300. The zero-order valence-electron chi connectivity index (χ0n) is 17.1. The van der Waals surface area contributed by atoms with Crippen LogP contribution in [0.4, 0.5) is 23.7 Å². The normalized spacial score (nSPS) is 18.5. The summed E-state index contributed by atoms with van der Waals surface area (Å²) in [6.45, 7) is -0.340. The van der Waals surface area contributed by atoms with E-state index in [1.807, 2.05) is 0 Å². The molecule has 1 aliphatic rings. The second kappa shape index (κ2) is 9.07. The van der Waals surface area contributed by atoms with E-state index in [0.717, 1.165) is 35.4 Å². The molecule has 8 nitrogen and oxygen atoms in total. The molecule has 0 saturated carbocycles. The van der Waals surface area contributed by atoms with E-state index in [9.17, 15) is 31.2 Å². The minimum absolute atomic E-state index is 0.0837. The van der Waals surface area contributed by atoms with Crippen LogP contribution in [0.15, 0.2) is 36.4 Å². The lowest BCUT2D eigenvalue weighted by Crippen LogP contribution is -2.46. The summed E-state index contributed by atoms with van der Waals surface area (Å²) in [5.41, 5.74) is -0.275. The van der Waals surface area contributed by atoms with E-state index in [1.54, 1.807) is 0 Å². The number of nitrogens with zero attached hydrogens (tertiary/aromatic N) is 1. The van der Waals surface area contributed by atoms with Gasteiger partial charge in [0.2, 0.25) is 5.91 Å². The predicted molar refractivity (Wildman–Crippen MR) is 109 cm³/mol. The smallest absolute Gasteiger partial charge is 0.319 e. The second-order valence-electron chi connectivity index (χ2n) is 7.31. The quantitative estimate of drug-likeness (QED) is 0.673. The Labute approximate surface area is 182 Å². The van der Waals surface area contributed by atoms with Crippen molar-refractivity contribution in [2.75, 3.05) is 31.1 Å². The molecule has 3 rings (SSSR count). The van der Waals surface area contributed by atoms with Gasteiger partial charge in [0.15, 0.2) is 9.84 Å². The standard InChI is InChI=1S/C20H20F3N3O5S/c1-31-13-7-15(22)17(16(23)8-13)14-9-26(10-32(2,29)30)19(27)18(14)25-20(28)24-12-5-3-11(21)4-6-12/h3-8,14,18H,9-10H2,1-2H3,(H2,24,25,28). The van der Waals surface area contributed by atoms with Crippen LogP contribution in [0.5, 0.6) is 5.75 Å². The van der Waals surface area contributed by atoms with Gasteiger partial charge >= 0.3 is 6.03 Å². The number of likely N-dealkylation sites (tertiary alicyclic amines) is 1. The average molecular weight is 471 g/mol. The van der Waals surface area contributed by atoms with E-state index < -0.39 is 62.6 Å². The first kappa shape index (κ1) is 23.4. The molecule has 172 valence electrons. The third kappa shape index (κ3) is 5.31. The molecular weight excluding hydrogens is 451 g/mol. The van der Waals surface area contributed by atoms with Crippen molar-refractivity contribution < 1.29 is 35.9 Å². The Morgan fingerprint density at radius 2 is 1.75 bits per heavy atom. The van der Waals surface area contributed by atoms with E-state index >= 15 is 0 Å². The molecule has 1 fully saturated rings. The fourth-order valence-corrected chi connectivity index (χ4v) is 4.29. The molecule has 0 aromatic heterocycles. The Balaban J connectivity index is 1.91. The zero-order valence-corrected chi connectivity index (χ0v) is 17.9. The number of carbonyl (C=O) groups is 2. The van der Waals surface area contributed by atoms with Crippen molar-refractivity contribution in [3.8, 4) is 5.75 Å². The number of nitrogens with one attached hydrogen (secondary N) is 2. The third-order valence-corrected chi connectivity index (χ3v) is 5.62. The van der Waals surface area contributed by atoms with Crippen LogP contribution < -0.4 is 15.4 Å². The fourth-order valence-electron chi connectivity index (χ4n) is 3.50. The summed E-state index contributed by atoms with van der Waals surface area (Å²) in [5, 5.41) is 4.73. The number of amides is 3. The van der Waals surface area contributed by atoms with E-state index in [-0.39, 0.29) is 18.0 Å². The molecular formula is C20H20F3N3O5S. The summed E-state index contributed by atoms with van der Waals surface area (Å²) >= 11 is 0. The van der Waals surface area contributed by atoms with Gasteiger partial charge in [-0.2, -0.15) is 0 Å². The molecule has 32 heavy (non-hydrogen) atoms. The number of halogens is 3. The summed E-state index contributed by atoms with van der Waals surface area (Å²) in [4.78, 5) is 26.2. The number of hydrogen-bond acceptors (Lipinski definition) is 5. The maximum atomic E-state index is 14.7. The van der Waals surface area contributed by atoms with Crippen molar-refractivity contribution in [2.45, 2.75) is 12.0 Å². The van der Waals surface area contributed by atoms with Crippen LogP contribution in [-0.2, 0) is 14.6 Å². The van der Waals surface area contributed by atoms with Crippen LogP contribution in [0.1, 0.15) is 11.5 Å². The zero-order chi connectivity index (χ0) is 23.6. The van der Waals surface area contributed by atoms with Gasteiger partial charge in [-0.1, -0.05) is 0 Å². The molecule has 0 spiro atoms. The SMILES string of the molecule is COc1cc(F)c(C2CN(CS(C)(=O)=O)C(=O)C2NC(=O)Nc2ccc(F)cc2)c(F)c1. The number of carbonyl (C=O) groups excluding carboxylic acids is 2. The highest BCUT2D eigenvalue weighted by Crippen LogP contribution is 2.34. The highest BCUT2D eigenvalue weighted by atomic mass is 32.2. The van der Waals surface area contributed by atoms with Crippen molar-refractivity contribution in [2.24, 2.45) is 0 Å². The van der Waals surface area contributed by atoms with Crippen LogP contribution in [0.25, 0.3) is 0 Å². The van der Waals surface area contributed by atoms with Gasteiger partial charge in [0.05, 0.1) is 7.11 Å². The average Bonchev–Trinajstić information content (AvgIpc) is 2.97. The van der Waals surface area contributed by atoms with Crippen molar-refractivity contribution in [3.63, 3.8) is 0 Å². The van der Waals surface area contributed by atoms with Gasteiger partial charge in [-0.3, -0.25) is 4.79 Å². The summed E-state index contributed by atoms with van der Waals surface area (Å²) in [7, 11) is -2.42. The number of urea groups is 1. The van der Waals surface area contributed by atoms with Crippen LogP contribution in [0, 0.1) is 17.5 Å². The molecule has 0 radical (unpaired) electrons. The van der Waals surface area contributed by atoms with Crippen LogP contribution >= 0.6 is 0 Å². The molecule has 2 N–H and O–H groups in total. The highest BCUT2D eigenvalue weighted by Gasteiger charge is 2.45. The van der Waals surface area contributed by atoms with Gasteiger partial charge < -0.3 is 20.3 Å². The number of hydrogen-bond donors (Lipinski definition) is 2. The summed E-state index contributed by atoms with van der Waals surface area (Å²) in [5.74, 6) is -5.33. The number of methoxy groups -OCH3 is 1. The topological polar surface area (TPSA) is 105 Å². The first-order valence-electron chi connectivity index (χ1n) is 9.31. The molecule has 3 amide bonds. The Bertz CT molecular complexity index is 1120. The first-order valence-corrected chi connectivity index (χ1v) is 11.4. The maximum Gasteiger partial charge on any atom is 0.319 e. The minimum atomic E-state index is -3.65. The summed E-state index contributed by atoms with van der Waals surface area (Å²) < 4.78 is 70.7. The second-order valence-corrected chi connectivity index (χ2v) is 9.42. The largest absolute Gasteiger partial charge is 0.497 e. The maximum absolute atomic E-state index is 14.7. The molecule has 1 saturated heterocycles. The third-order valence-electron chi connectivity index (χ3n) is 4.84. The molecule has 0 bridgehead atoms. The first-order chi connectivity index (χ1) is 15.0. The van der Waals surface area contributed by atoms with Gasteiger partial charge in [0, 0.05) is 42.1 Å². The Hall–Kier alpha value is -3.28. The Morgan fingerprint density at radius 1 is 1.16 bits per heavy atom. The van der Waals surface area contributed by atoms with E-state index in [2.05, 4.69) is 10.6 Å². The molecule has 2 aromatic rings. The highest BCUT2D eigenvalue weighted by molar-refractivity contribution is 7.90. The molecule has 2 atom stereocenters. The molecule has 2 unspecified atom stereocenters. The number of benzene rings is 2. The monoisotopic (exact) mass is 471 g/mol. The van der Waals surface area contributed by atoms with Gasteiger partial charge in [-0.25, -0.2) is 26.4 Å². The Morgan fingerprint density at radius 3 is 2.28 bits per heavy atom. The van der Waals surface area contributed by atoms with Gasteiger partial charge in [0.1, 0.15) is 35.1 Å². The molecule has 12 heteroatoms. The van der Waals surface area contributed by atoms with E-state index in [1.165, 1.54) is 19.2 Å². The lowest BCUT2D eigenvalue weighted by molar-refractivity contribution is -0.128. The van der Waals surface area contributed by atoms with Gasteiger partial charge in [-0.05, 0) is 24.3 Å². The van der Waals surface area contributed by atoms with E-state index in [0.29, 0.717) is 0 Å². The van der Waals surface area contributed by atoms with Crippen molar-refractivity contribution in [1.29, 1.82) is 0 Å². The molecule has 0 aliphatic carbocycles. The molecule has 1 heterocycles. The lowest BCUT2D eigenvalue weighted by Gasteiger charge is -2.20. The molecule has 2 aromatic carbocycles. The van der Waals surface area contributed by atoms with Gasteiger partial charge in [-0.15, -0.1) is 0 Å². The number of anilines is 1.